The van der Waals surface area contributed by atoms with Gasteiger partial charge in [-0.1, -0.05) is 13.8 Å². The van der Waals surface area contributed by atoms with Crippen LogP contribution in [0.15, 0.2) is 0 Å². The van der Waals surface area contributed by atoms with Crippen molar-refractivity contribution in [2.45, 2.75) is 32.3 Å². The normalized spacial score (nSPS) is 26.5. The molecule has 2 heterocycles. The number of carbonyl (C=O) groups excluding carboxylic acids is 1. The lowest BCUT2D eigenvalue weighted by molar-refractivity contribution is -0.223. The Labute approximate surface area is 79.0 Å². The van der Waals surface area contributed by atoms with E-state index in [2.05, 4.69) is 6.92 Å². The van der Waals surface area contributed by atoms with Gasteiger partial charge in [-0.2, -0.15) is 0 Å². The summed E-state index contributed by atoms with van der Waals surface area (Å²) < 4.78 is 5.45. The highest BCUT2D eigenvalue weighted by molar-refractivity contribution is 5.79. The largest absolute Gasteiger partial charge is 0.371 e. The lowest BCUT2D eigenvalue weighted by Gasteiger charge is -2.55. The van der Waals surface area contributed by atoms with E-state index in [1.54, 1.807) is 0 Å². The fourth-order valence-electron chi connectivity index (χ4n) is 1.93. The number of likely N-dealkylation sites (tertiary alicyclic amines) is 1. The van der Waals surface area contributed by atoms with Crippen molar-refractivity contribution in [1.82, 2.24) is 4.90 Å². The van der Waals surface area contributed by atoms with E-state index in [1.807, 2.05) is 11.8 Å². The van der Waals surface area contributed by atoms with Crippen molar-refractivity contribution in [3.63, 3.8) is 0 Å². The second-order valence-corrected chi connectivity index (χ2v) is 4.29. The zero-order valence-electron chi connectivity index (χ0n) is 8.38. The topological polar surface area (TPSA) is 29.5 Å². The Morgan fingerprint density at radius 2 is 2.23 bits per heavy atom. The summed E-state index contributed by atoms with van der Waals surface area (Å²) in [4.78, 5) is 13.6. The van der Waals surface area contributed by atoms with Gasteiger partial charge in [0.2, 0.25) is 5.91 Å². The predicted octanol–water partition coefficient (Wildman–Crippen LogP) is 1.03. The van der Waals surface area contributed by atoms with Gasteiger partial charge in [-0.05, 0) is 6.42 Å². The first-order valence-corrected chi connectivity index (χ1v) is 5.10. The van der Waals surface area contributed by atoms with Crippen LogP contribution >= 0.6 is 0 Å². The molecule has 74 valence electrons. The number of ether oxygens (including phenoxy) is 1. The van der Waals surface area contributed by atoms with Crippen LogP contribution < -0.4 is 0 Å². The molecule has 1 amide bonds. The molecule has 0 aromatic rings. The molecular weight excluding hydrogens is 166 g/mol. The third-order valence-electron chi connectivity index (χ3n) is 3.27. The van der Waals surface area contributed by atoms with Crippen molar-refractivity contribution in [2.75, 3.05) is 19.7 Å². The van der Waals surface area contributed by atoms with Crippen molar-refractivity contribution in [1.29, 1.82) is 0 Å². The average Bonchev–Trinajstić information content (AvgIpc) is 1.97. The van der Waals surface area contributed by atoms with Crippen LogP contribution in [0.5, 0.6) is 0 Å². The molecule has 13 heavy (non-hydrogen) atoms. The first kappa shape index (κ1) is 9.00. The fraction of sp³-hybridized carbons (Fsp3) is 0.900. The standard InChI is InChI=1S/C10H17NO2/c1-3-8(2)9(12)11-6-10(7-11)4-5-13-10/h8H,3-7H2,1-2H3. The van der Waals surface area contributed by atoms with Crippen LogP contribution in [0, 0.1) is 5.92 Å². The van der Waals surface area contributed by atoms with Crippen molar-refractivity contribution < 1.29 is 9.53 Å². The molecule has 0 aliphatic carbocycles. The van der Waals surface area contributed by atoms with E-state index in [0.717, 1.165) is 32.5 Å². The number of carbonyl (C=O) groups is 1. The number of nitrogens with zero attached hydrogens (tertiary/aromatic N) is 1. The molecule has 0 radical (unpaired) electrons. The lowest BCUT2D eigenvalue weighted by atomic mass is 9.85. The lowest BCUT2D eigenvalue weighted by Crippen LogP contribution is -2.69. The van der Waals surface area contributed by atoms with Gasteiger partial charge < -0.3 is 9.64 Å². The molecule has 1 atom stereocenters. The first-order valence-electron chi connectivity index (χ1n) is 5.10. The minimum Gasteiger partial charge on any atom is -0.371 e. The SMILES string of the molecule is CCC(C)C(=O)N1CC2(CCO2)C1. The molecule has 0 saturated carbocycles. The summed E-state index contributed by atoms with van der Waals surface area (Å²) in [6.45, 7) is 6.59. The first-order chi connectivity index (χ1) is 6.17. The second kappa shape index (κ2) is 2.98. The summed E-state index contributed by atoms with van der Waals surface area (Å²) >= 11 is 0. The number of amides is 1. The highest BCUT2D eigenvalue weighted by Gasteiger charge is 2.51. The van der Waals surface area contributed by atoms with Crippen LogP contribution in [-0.2, 0) is 9.53 Å². The molecule has 3 nitrogen and oxygen atoms in total. The van der Waals surface area contributed by atoms with Gasteiger partial charge in [0, 0.05) is 12.3 Å². The van der Waals surface area contributed by atoms with E-state index in [9.17, 15) is 4.79 Å². The number of hydrogen-bond donors (Lipinski definition) is 0. The van der Waals surface area contributed by atoms with Crippen molar-refractivity contribution >= 4 is 5.91 Å². The molecule has 2 aliphatic heterocycles. The minimum absolute atomic E-state index is 0.0864. The van der Waals surface area contributed by atoms with Gasteiger partial charge in [-0.15, -0.1) is 0 Å². The Balaban J connectivity index is 1.82. The fourth-order valence-corrected chi connectivity index (χ4v) is 1.93. The Morgan fingerprint density at radius 1 is 1.62 bits per heavy atom. The third-order valence-corrected chi connectivity index (χ3v) is 3.27. The number of hydrogen-bond acceptors (Lipinski definition) is 2. The van der Waals surface area contributed by atoms with Gasteiger partial charge in [0.05, 0.1) is 19.7 Å². The predicted molar refractivity (Wildman–Crippen MR) is 49.3 cm³/mol. The molecule has 0 aromatic carbocycles. The highest BCUT2D eigenvalue weighted by Crippen LogP contribution is 2.36. The van der Waals surface area contributed by atoms with Crippen LogP contribution in [0.2, 0.25) is 0 Å². The van der Waals surface area contributed by atoms with Gasteiger partial charge in [0.15, 0.2) is 0 Å². The Bertz CT molecular complexity index is 215. The van der Waals surface area contributed by atoms with Gasteiger partial charge >= 0.3 is 0 Å². The smallest absolute Gasteiger partial charge is 0.225 e. The van der Waals surface area contributed by atoms with E-state index in [4.69, 9.17) is 4.74 Å². The van der Waals surface area contributed by atoms with E-state index in [0.29, 0.717) is 5.91 Å². The molecule has 0 bridgehead atoms. The van der Waals surface area contributed by atoms with Gasteiger partial charge in [-0.3, -0.25) is 4.79 Å². The molecule has 2 saturated heterocycles. The average molecular weight is 183 g/mol. The molecule has 1 unspecified atom stereocenters. The molecule has 1 spiro atoms. The maximum absolute atomic E-state index is 11.7. The summed E-state index contributed by atoms with van der Waals surface area (Å²) in [6.07, 6.45) is 2.07. The van der Waals surface area contributed by atoms with E-state index < -0.39 is 0 Å². The summed E-state index contributed by atoms with van der Waals surface area (Å²) in [5.74, 6) is 0.473. The second-order valence-electron chi connectivity index (χ2n) is 4.29. The Hall–Kier alpha value is -0.570. The van der Waals surface area contributed by atoms with Crippen LogP contribution in [0.4, 0.5) is 0 Å². The van der Waals surface area contributed by atoms with E-state index in [1.165, 1.54) is 0 Å². The molecule has 0 aromatic heterocycles. The Kier molecular flexibility index (Phi) is 2.06. The number of rotatable bonds is 2. The maximum atomic E-state index is 11.7. The maximum Gasteiger partial charge on any atom is 0.225 e. The van der Waals surface area contributed by atoms with Crippen LogP contribution in [0.3, 0.4) is 0 Å². The summed E-state index contributed by atoms with van der Waals surface area (Å²) in [6, 6.07) is 0. The zero-order valence-corrected chi connectivity index (χ0v) is 8.38. The van der Waals surface area contributed by atoms with Gasteiger partial charge in [0.25, 0.3) is 0 Å². The van der Waals surface area contributed by atoms with Crippen molar-refractivity contribution in [2.24, 2.45) is 5.92 Å². The van der Waals surface area contributed by atoms with Gasteiger partial charge in [0.1, 0.15) is 5.60 Å². The summed E-state index contributed by atoms with van der Waals surface area (Å²) in [7, 11) is 0. The minimum atomic E-state index is 0.0864. The third kappa shape index (κ3) is 1.35. The van der Waals surface area contributed by atoms with Crippen LogP contribution in [0.1, 0.15) is 26.7 Å². The summed E-state index contributed by atoms with van der Waals surface area (Å²) in [5.41, 5.74) is 0.0864. The van der Waals surface area contributed by atoms with Crippen LogP contribution in [0.25, 0.3) is 0 Å². The highest BCUT2D eigenvalue weighted by atomic mass is 16.5. The molecule has 2 rings (SSSR count). The molecule has 3 heteroatoms. The molecule has 2 aliphatic rings. The van der Waals surface area contributed by atoms with E-state index >= 15 is 0 Å². The Morgan fingerprint density at radius 3 is 2.62 bits per heavy atom. The molecule has 2 fully saturated rings. The van der Waals surface area contributed by atoms with Gasteiger partial charge in [-0.25, -0.2) is 0 Å². The summed E-state index contributed by atoms with van der Waals surface area (Å²) in [5, 5.41) is 0. The molecule has 0 N–H and O–H groups in total. The monoisotopic (exact) mass is 183 g/mol. The van der Waals surface area contributed by atoms with Crippen molar-refractivity contribution in [3.05, 3.63) is 0 Å². The van der Waals surface area contributed by atoms with E-state index in [-0.39, 0.29) is 11.5 Å². The quantitative estimate of drug-likeness (QED) is 0.640. The van der Waals surface area contributed by atoms with Crippen LogP contribution in [-0.4, -0.2) is 36.1 Å². The van der Waals surface area contributed by atoms with Crippen molar-refractivity contribution in [3.8, 4) is 0 Å². The molecular formula is C10H17NO2. The zero-order chi connectivity index (χ0) is 9.47.